The molecular weight excluding hydrogens is 292 g/mol. The van der Waals surface area contributed by atoms with Crippen LogP contribution >= 0.6 is 0 Å². The van der Waals surface area contributed by atoms with Crippen LogP contribution < -0.4 is 5.32 Å². The van der Waals surface area contributed by atoms with E-state index in [2.05, 4.69) is 16.3 Å². The van der Waals surface area contributed by atoms with Gasteiger partial charge in [-0.3, -0.25) is 9.69 Å². The summed E-state index contributed by atoms with van der Waals surface area (Å²) in [5, 5.41) is 12.3. The van der Waals surface area contributed by atoms with Crippen LogP contribution in [0.4, 0.5) is 0 Å². The smallest absolute Gasteiger partial charge is 0.234 e. The lowest BCUT2D eigenvalue weighted by Gasteiger charge is -2.26. The van der Waals surface area contributed by atoms with Crippen LogP contribution in [0.5, 0.6) is 5.75 Å². The van der Waals surface area contributed by atoms with E-state index in [1.807, 2.05) is 12.1 Å². The van der Waals surface area contributed by atoms with Crippen molar-refractivity contribution in [3.8, 4) is 5.75 Å². The molecule has 0 bridgehead atoms. The largest absolute Gasteiger partial charge is 0.508 e. The third-order valence-electron chi connectivity index (χ3n) is 4.45. The molecule has 1 aromatic carbocycles. The number of nitrogens with zero attached hydrogens (tertiary/aromatic N) is 1. The highest BCUT2D eigenvalue weighted by Crippen LogP contribution is 2.23. The lowest BCUT2D eigenvalue weighted by molar-refractivity contribution is -0.122. The first-order chi connectivity index (χ1) is 11.2. The van der Waals surface area contributed by atoms with Gasteiger partial charge in [0.2, 0.25) is 5.91 Å². The summed E-state index contributed by atoms with van der Waals surface area (Å²) in [5.41, 5.74) is 2.42. The van der Waals surface area contributed by atoms with E-state index in [4.69, 9.17) is 4.74 Å². The van der Waals surface area contributed by atoms with Crippen molar-refractivity contribution in [1.29, 1.82) is 0 Å². The highest BCUT2D eigenvalue weighted by molar-refractivity contribution is 5.78. The van der Waals surface area contributed by atoms with E-state index in [0.29, 0.717) is 13.1 Å². The molecule has 2 heterocycles. The molecule has 0 radical (unpaired) electrons. The van der Waals surface area contributed by atoms with Gasteiger partial charge in [-0.05, 0) is 42.5 Å². The summed E-state index contributed by atoms with van der Waals surface area (Å²) >= 11 is 0. The van der Waals surface area contributed by atoms with Crippen molar-refractivity contribution in [2.24, 2.45) is 0 Å². The first-order valence-electron chi connectivity index (χ1n) is 8.30. The van der Waals surface area contributed by atoms with Gasteiger partial charge in [-0.15, -0.1) is 0 Å². The molecule has 1 amide bonds. The number of amides is 1. The van der Waals surface area contributed by atoms with Gasteiger partial charge in [0.05, 0.1) is 12.6 Å². The van der Waals surface area contributed by atoms with Crippen molar-refractivity contribution in [2.45, 2.75) is 25.4 Å². The minimum atomic E-state index is 0.0713. The van der Waals surface area contributed by atoms with Gasteiger partial charge >= 0.3 is 0 Å². The fourth-order valence-electron chi connectivity index (χ4n) is 3.08. The zero-order valence-electron chi connectivity index (χ0n) is 13.3. The maximum atomic E-state index is 12.0. The van der Waals surface area contributed by atoms with Crippen molar-refractivity contribution in [1.82, 2.24) is 10.2 Å². The molecule has 0 aromatic heterocycles. The summed E-state index contributed by atoms with van der Waals surface area (Å²) in [7, 11) is 0. The van der Waals surface area contributed by atoms with Crippen molar-refractivity contribution in [2.75, 3.05) is 32.8 Å². The van der Waals surface area contributed by atoms with Crippen molar-refractivity contribution in [3.05, 3.63) is 35.9 Å². The second-order valence-electron chi connectivity index (χ2n) is 6.20. The molecular formula is C18H24N2O3. The fourth-order valence-corrected chi connectivity index (χ4v) is 3.08. The van der Waals surface area contributed by atoms with Crippen molar-refractivity contribution < 1.29 is 14.6 Å². The molecule has 5 heteroatoms. The minimum Gasteiger partial charge on any atom is -0.508 e. The van der Waals surface area contributed by atoms with E-state index < -0.39 is 0 Å². The standard InChI is InChI=1S/C18H24N2O3/c21-16-5-3-14(4-6-16)15-7-9-20(10-8-15)13-18(22)19-12-17-2-1-11-23-17/h3-7,17,21H,1-2,8-13H2,(H,19,22)/t17-/m1/s1. The summed E-state index contributed by atoms with van der Waals surface area (Å²) in [6, 6.07) is 7.29. The number of rotatable bonds is 5. The molecule has 1 saturated heterocycles. The number of aromatic hydroxyl groups is 1. The molecule has 1 atom stereocenters. The summed E-state index contributed by atoms with van der Waals surface area (Å²) < 4.78 is 5.51. The molecule has 124 valence electrons. The van der Waals surface area contributed by atoms with Crippen LogP contribution in [-0.2, 0) is 9.53 Å². The summed E-state index contributed by atoms with van der Waals surface area (Å²) in [4.78, 5) is 14.1. The van der Waals surface area contributed by atoms with E-state index in [-0.39, 0.29) is 17.8 Å². The molecule has 5 nitrogen and oxygen atoms in total. The molecule has 1 aromatic rings. The Morgan fingerprint density at radius 3 is 2.83 bits per heavy atom. The lowest BCUT2D eigenvalue weighted by atomic mass is 9.99. The van der Waals surface area contributed by atoms with Gasteiger partial charge in [0, 0.05) is 26.2 Å². The highest BCUT2D eigenvalue weighted by Gasteiger charge is 2.18. The van der Waals surface area contributed by atoms with E-state index in [0.717, 1.165) is 44.5 Å². The summed E-state index contributed by atoms with van der Waals surface area (Å²) in [6.07, 6.45) is 5.43. The molecule has 2 N–H and O–H groups in total. The number of carbonyl (C=O) groups excluding carboxylic acids is 1. The Morgan fingerprint density at radius 1 is 1.35 bits per heavy atom. The number of ether oxygens (including phenoxy) is 1. The van der Waals surface area contributed by atoms with Gasteiger partial charge in [0.15, 0.2) is 0 Å². The quantitative estimate of drug-likeness (QED) is 0.869. The number of nitrogens with one attached hydrogen (secondary N) is 1. The molecule has 1 fully saturated rings. The van der Waals surface area contributed by atoms with Crippen molar-refractivity contribution >= 4 is 11.5 Å². The van der Waals surface area contributed by atoms with E-state index in [1.54, 1.807) is 12.1 Å². The number of phenolic OH excluding ortho intramolecular Hbond substituents is 1. The zero-order chi connectivity index (χ0) is 16.1. The Morgan fingerprint density at radius 2 is 2.17 bits per heavy atom. The Labute approximate surface area is 136 Å². The van der Waals surface area contributed by atoms with Crippen LogP contribution in [0.25, 0.3) is 5.57 Å². The number of hydrogen-bond acceptors (Lipinski definition) is 4. The molecule has 0 saturated carbocycles. The van der Waals surface area contributed by atoms with Crippen LogP contribution in [0, 0.1) is 0 Å². The first kappa shape index (κ1) is 16.0. The zero-order valence-corrected chi connectivity index (χ0v) is 13.3. The highest BCUT2D eigenvalue weighted by atomic mass is 16.5. The van der Waals surface area contributed by atoms with Crippen LogP contribution in [0.1, 0.15) is 24.8 Å². The number of carbonyl (C=O) groups is 1. The fraction of sp³-hybridized carbons (Fsp3) is 0.500. The SMILES string of the molecule is O=C(CN1CC=C(c2ccc(O)cc2)CC1)NC[C@H]1CCCO1. The Kier molecular flexibility index (Phi) is 5.31. The van der Waals surface area contributed by atoms with Crippen LogP contribution in [-0.4, -0.2) is 54.8 Å². The normalized spacial score (nSPS) is 21.9. The third-order valence-corrected chi connectivity index (χ3v) is 4.45. The number of phenols is 1. The molecule has 2 aliphatic heterocycles. The minimum absolute atomic E-state index is 0.0713. The molecule has 23 heavy (non-hydrogen) atoms. The second kappa shape index (κ2) is 7.62. The predicted octanol–water partition coefficient (Wildman–Crippen LogP) is 1.78. The first-order valence-corrected chi connectivity index (χ1v) is 8.30. The maximum Gasteiger partial charge on any atom is 0.234 e. The van der Waals surface area contributed by atoms with Crippen molar-refractivity contribution in [3.63, 3.8) is 0 Å². The Bertz CT molecular complexity index is 562. The molecule has 0 spiro atoms. The van der Waals surface area contributed by atoms with E-state index in [9.17, 15) is 9.90 Å². The summed E-state index contributed by atoms with van der Waals surface area (Å²) in [5.74, 6) is 0.358. The van der Waals surface area contributed by atoms with Gasteiger partial charge in [-0.25, -0.2) is 0 Å². The predicted molar refractivity (Wildman–Crippen MR) is 89.1 cm³/mol. The van der Waals surface area contributed by atoms with Gasteiger partial charge in [0.25, 0.3) is 0 Å². The van der Waals surface area contributed by atoms with Crippen LogP contribution in [0.2, 0.25) is 0 Å². The van der Waals surface area contributed by atoms with Gasteiger partial charge in [0.1, 0.15) is 5.75 Å². The molecule has 3 rings (SSSR count). The maximum absolute atomic E-state index is 12.0. The van der Waals surface area contributed by atoms with Crippen LogP contribution in [0.15, 0.2) is 30.3 Å². The topological polar surface area (TPSA) is 61.8 Å². The molecule has 0 unspecified atom stereocenters. The van der Waals surface area contributed by atoms with Gasteiger partial charge in [-0.2, -0.15) is 0 Å². The molecule has 2 aliphatic rings. The third kappa shape index (κ3) is 4.56. The summed E-state index contributed by atoms with van der Waals surface area (Å²) in [6.45, 7) is 3.54. The van der Waals surface area contributed by atoms with Gasteiger partial charge in [-0.1, -0.05) is 18.2 Å². The average Bonchev–Trinajstić information content (AvgIpc) is 3.08. The number of benzene rings is 1. The Hall–Kier alpha value is -1.85. The van der Waals surface area contributed by atoms with Gasteiger partial charge < -0.3 is 15.2 Å². The number of hydrogen-bond donors (Lipinski definition) is 2. The average molecular weight is 316 g/mol. The second-order valence-corrected chi connectivity index (χ2v) is 6.20. The van der Waals surface area contributed by atoms with E-state index >= 15 is 0 Å². The van der Waals surface area contributed by atoms with E-state index in [1.165, 1.54) is 5.57 Å². The molecule has 0 aliphatic carbocycles. The lowest BCUT2D eigenvalue weighted by Crippen LogP contribution is -2.41. The Balaban J connectivity index is 1.44. The van der Waals surface area contributed by atoms with Crippen LogP contribution in [0.3, 0.4) is 0 Å². The monoisotopic (exact) mass is 316 g/mol.